The minimum atomic E-state index is -0.393. The van der Waals surface area contributed by atoms with Crippen LogP contribution in [0.25, 0.3) is 22.3 Å². The van der Waals surface area contributed by atoms with Gasteiger partial charge < -0.3 is 5.32 Å². The predicted molar refractivity (Wildman–Crippen MR) is 74.4 cm³/mol. The Morgan fingerprint density at radius 1 is 1.00 bits per heavy atom. The van der Waals surface area contributed by atoms with E-state index in [2.05, 4.69) is 15.3 Å². The number of rotatable bonds is 2. The van der Waals surface area contributed by atoms with Crippen LogP contribution in [0.15, 0.2) is 42.5 Å². The number of nitrogens with one attached hydrogen (secondary N) is 1. The molecular weight excluding hydrogens is 260 g/mol. The number of nitrogens with zero attached hydrogens (tertiary/aromatic N) is 2. The lowest BCUT2D eigenvalue weighted by Crippen LogP contribution is -2.00. The molecule has 3 aromatic rings. The molecule has 5 heteroatoms. The molecule has 1 N–H and O–H groups in total. The molecule has 0 radical (unpaired) electrons. The number of fused-ring (bicyclic) bond motifs is 1. The minimum absolute atomic E-state index is 0.270. The molecule has 3 rings (SSSR count). The Balaban J connectivity index is 2.29. The van der Waals surface area contributed by atoms with Gasteiger partial charge in [0.15, 0.2) is 5.82 Å². The van der Waals surface area contributed by atoms with Crippen LogP contribution in [-0.4, -0.2) is 17.0 Å². The van der Waals surface area contributed by atoms with Gasteiger partial charge in [-0.2, -0.15) is 0 Å². The molecule has 20 heavy (non-hydrogen) atoms. The average molecular weight is 271 g/mol. The third-order valence-corrected chi connectivity index (χ3v) is 3.01. The van der Waals surface area contributed by atoms with Gasteiger partial charge in [-0.1, -0.05) is 12.1 Å². The maximum atomic E-state index is 13.8. The first-order valence-electron chi connectivity index (χ1n) is 6.09. The molecule has 0 unspecified atom stereocenters. The molecule has 0 spiro atoms. The van der Waals surface area contributed by atoms with Gasteiger partial charge in [0.25, 0.3) is 0 Å². The van der Waals surface area contributed by atoms with Crippen molar-refractivity contribution in [3.05, 3.63) is 54.1 Å². The summed E-state index contributed by atoms with van der Waals surface area (Å²) >= 11 is 0. The van der Waals surface area contributed by atoms with Crippen molar-refractivity contribution in [3.8, 4) is 11.4 Å². The van der Waals surface area contributed by atoms with Gasteiger partial charge in [-0.15, -0.1) is 0 Å². The predicted octanol–water partition coefficient (Wildman–Crippen LogP) is 3.62. The zero-order chi connectivity index (χ0) is 14.1. The van der Waals surface area contributed by atoms with Crippen molar-refractivity contribution in [3.63, 3.8) is 0 Å². The van der Waals surface area contributed by atoms with Crippen molar-refractivity contribution in [1.82, 2.24) is 9.97 Å². The van der Waals surface area contributed by atoms with Crippen LogP contribution in [0.3, 0.4) is 0 Å². The fraction of sp³-hybridized carbons (Fsp3) is 0.0667. The van der Waals surface area contributed by atoms with Gasteiger partial charge in [0, 0.05) is 12.4 Å². The third-order valence-electron chi connectivity index (χ3n) is 3.01. The van der Waals surface area contributed by atoms with Crippen molar-refractivity contribution >= 4 is 16.7 Å². The van der Waals surface area contributed by atoms with E-state index in [-0.39, 0.29) is 11.6 Å². The fourth-order valence-corrected chi connectivity index (χ4v) is 2.05. The molecule has 0 saturated heterocycles. The highest BCUT2D eigenvalue weighted by atomic mass is 19.1. The molecule has 0 aliphatic rings. The summed E-state index contributed by atoms with van der Waals surface area (Å²) in [6, 6.07) is 10.5. The summed E-state index contributed by atoms with van der Waals surface area (Å²) < 4.78 is 27.1. The Morgan fingerprint density at radius 3 is 2.55 bits per heavy atom. The maximum absolute atomic E-state index is 13.8. The van der Waals surface area contributed by atoms with Gasteiger partial charge in [0.05, 0.1) is 11.1 Å². The number of hydrogen-bond donors (Lipinski definition) is 1. The van der Waals surface area contributed by atoms with E-state index in [4.69, 9.17) is 0 Å². The molecule has 0 bridgehead atoms. The lowest BCUT2D eigenvalue weighted by atomic mass is 10.1. The van der Waals surface area contributed by atoms with Crippen LogP contribution in [-0.2, 0) is 0 Å². The molecule has 3 nitrogen and oxygen atoms in total. The smallest absolute Gasteiger partial charge is 0.165 e. The second-order valence-electron chi connectivity index (χ2n) is 4.29. The highest BCUT2D eigenvalue weighted by Crippen LogP contribution is 2.26. The summed E-state index contributed by atoms with van der Waals surface area (Å²) in [7, 11) is 1.68. The Bertz CT molecular complexity index is 787. The maximum Gasteiger partial charge on any atom is 0.165 e. The molecule has 1 aromatic heterocycles. The van der Waals surface area contributed by atoms with Crippen LogP contribution in [0.2, 0.25) is 0 Å². The summed E-state index contributed by atoms with van der Waals surface area (Å²) in [5.41, 5.74) is 0.874. The standard InChI is InChI=1S/C15H11F2N3/c1-18-14-11-8-9(16)6-7-13(11)19-15(20-14)10-4-2-3-5-12(10)17/h2-8H,1H3,(H,18,19,20). The van der Waals surface area contributed by atoms with E-state index in [0.717, 1.165) is 0 Å². The van der Waals surface area contributed by atoms with Gasteiger partial charge in [-0.25, -0.2) is 18.7 Å². The van der Waals surface area contributed by atoms with Crippen LogP contribution in [0, 0.1) is 11.6 Å². The van der Waals surface area contributed by atoms with Gasteiger partial charge in [-0.05, 0) is 30.3 Å². The normalized spacial score (nSPS) is 10.8. The van der Waals surface area contributed by atoms with E-state index in [1.54, 1.807) is 31.3 Å². The van der Waals surface area contributed by atoms with Crippen LogP contribution < -0.4 is 5.32 Å². The van der Waals surface area contributed by atoms with Crippen LogP contribution in [0.4, 0.5) is 14.6 Å². The SMILES string of the molecule is CNc1nc(-c2ccccc2F)nc2ccc(F)cc12. The van der Waals surface area contributed by atoms with E-state index in [9.17, 15) is 8.78 Å². The Labute approximate surface area is 114 Å². The van der Waals surface area contributed by atoms with Crippen molar-refractivity contribution in [2.75, 3.05) is 12.4 Å². The summed E-state index contributed by atoms with van der Waals surface area (Å²) in [6.07, 6.45) is 0. The topological polar surface area (TPSA) is 37.8 Å². The van der Waals surface area contributed by atoms with Crippen LogP contribution >= 0.6 is 0 Å². The number of benzene rings is 2. The first kappa shape index (κ1) is 12.5. The molecule has 0 aliphatic heterocycles. The summed E-state index contributed by atoms with van der Waals surface area (Å²) in [5, 5.41) is 3.45. The number of aromatic nitrogens is 2. The van der Waals surface area contributed by atoms with E-state index >= 15 is 0 Å². The van der Waals surface area contributed by atoms with Crippen molar-refractivity contribution in [2.45, 2.75) is 0 Å². The second-order valence-corrected chi connectivity index (χ2v) is 4.29. The van der Waals surface area contributed by atoms with E-state index < -0.39 is 5.82 Å². The van der Waals surface area contributed by atoms with E-state index in [1.165, 1.54) is 18.2 Å². The lowest BCUT2D eigenvalue weighted by molar-refractivity contribution is 0.628. The molecule has 0 aliphatic carbocycles. The molecular formula is C15H11F2N3. The van der Waals surface area contributed by atoms with Gasteiger partial charge in [0.1, 0.15) is 17.5 Å². The van der Waals surface area contributed by atoms with Crippen molar-refractivity contribution < 1.29 is 8.78 Å². The minimum Gasteiger partial charge on any atom is -0.373 e. The number of anilines is 1. The molecule has 1 heterocycles. The zero-order valence-corrected chi connectivity index (χ0v) is 10.7. The monoisotopic (exact) mass is 271 g/mol. The van der Waals surface area contributed by atoms with Crippen molar-refractivity contribution in [2.24, 2.45) is 0 Å². The quantitative estimate of drug-likeness (QED) is 0.773. The molecule has 0 fully saturated rings. The number of halogens is 2. The molecule has 0 saturated carbocycles. The third kappa shape index (κ3) is 2.07. The first-order chi connectivity index (χ1) is 9.69. The lowest BCUT2D eigenvalue weighted by Gasteiger charge is -2.08. The highest BCUT2D eigenvalue weighted by molar-refractivity contribution is 5.90. The fourth-order valence-electron chi connectivity index (χ4n) is 2.05. The Kier molecular flexibility index (Phi) is 3.02. The first-order valence-corrected chi connectivity index (χ1v) is 6.09. The van der Waals surface area contributed by atoms with E-state index in [0.29, 0.717) is 22.3 Å². The van der Waals surface area contributed by atoms with Crippen LogP contribution in [0.1, 0.15) is 0 Å². The molecule has 100 valence electrons. The Morgan fingerprint density at radius 2 is 1.80 bits per heavy atom. The highest BCUT2D eigenvalue weighted by Gasteiger charge is 2.12. The van der Waals surface area contributed by atoms with E-state index in [1.807, 2.05) is 0 Å². The van der Waals surface area contributed by atoms with Gasteiger partial charge >= 0.3 is 0 Å². The summed E-state index contributed by atoms with van der Waals surface area (Å²) in [6.45, 7) is 0. The van der Waals surface area contributed by atoms with Crippen molar-refractivity contribution in [1.29, 1.82) is 0 Å². The summed E-state index contributed by atoms with van der Waals surface area (Å²) in [4.78, 5) is 8.56. The van der Waals surface area contributed by atoms with Gasteiger partial charge in [-0.3, -0.25) is 0 Å². The van der Waals surface area contributed by atoms with Crippen LogP contribution in [0.5, 0.6) is 0 Å². The molecule has 2 aromatic carbocycles. The zero-order valence-electron chi connectivity index (χ0n) is 10.7. The summed E-state index contributed by atoms with van der Waals surface area (Å²) in [5.74, 6) is -0.0217. The number of hydrogen-bond acceptors (Lipinski definition) is 3. The van der Waals surface area contributed by atoms with Gasteiger partial charge in [0.2, 0.25) is 0 Å². The second kappa shape index (κ2) is 4.85. The Hall–Kier alpha value is -2.56. The molecule has 0 amide bonds. The average Bonchev–Trinajstić information content (AvgIpc) is 2.46. The largest absolute Gasteiger partial charge is 0.373 e. The molecule has 0 atom stereocenters.